The van der Waals surface area contributed by atoms with Crippen LogP contribution in [-0.2, 0) is 13.1 Å². The fraction of sp³-hybridized carbons (Fsp3) is 0.233. The Morgan fingerprint density at radius 1 is 0.794 bits per heavy atom. The number of amides is 1. The highest BCUT2D eigenvalue weighted by atomic mass is 19.1. The molecule has 1 amide bonds. The van der Waals surface area contributed by atoms with Crippen LogP contribution in [0.5, 0.6) is 0 Å². The van der Waals surface area contributed by atoms with Gasteiger partial charge in [0, 0.05) is 25.7 Å². The third-order valence-corrected chi connectivity index (χ3v) is 6.40. The van der Waals surface area contributed by atoms with E-state index in [1.54, 1.807) is 17.0 Å². The van der Waals surface area contributed by atoms with Gasteiger partial charge in [-0.1, -0.05) is 68.4 Å². The quantitative estimate of drug-likeness (QED) is 0.294. The van der Waals surface area contributed by atoms with Crippen molar-refractivity contribution in [2.45, 2.75) is 26.9 Å². The maximum absolute atomic E-state index is 13.2. The summed E-state index contributed by atoms with van der Waals surface area (Å²) in [6, 6.07) is 26.8. The van der Waals surface area contributed by atoms with Gasteiger partial charge in [0.05, 0.1) is 0 Å². The minimum Gasteiger partial charge on any atom is -0.337 e. The van der Waals surface area contributed by atoms with Crippen molar-refractivity contribution in [3.05, 3.63) is 107 Å². The molecule has 0 aromatic heterocycles. The Bertz CT molecular complexity index is 1260. The lowest BCUT2D eigenvalue weighted by atomic mass is 10.0. The maximum Gasteiger partial charge on any atom is 0.253 e. The van der Waals surface area contributed by atoms with E-state index >= 15 is 0 Å². The molecule has 4 aromatic carbocycles. The van der Waals surface area contributed by atoms with Crippen LogP contribution in [0.3, 0.4) is 0 Å². The van der Waals surface area contributed by atoms with E-state index in [9.17, 15) is 9.18 Å². The number of fused-ring (bicyclic) bond motifs is 1. The van der Waals surface area contributed by atoms with Crippen molar-refractivity contribution in [1.82, 2.24) is 9.80 Å². The summed E-state index contributed by atoms with van der Waals surface area (Å²) in [5.74, 6) is -0.286. The number of rotatable bonds is 8. The Hall–Kier alpha value is -3.50. The van der Waals surface area contributed by atoms with E-state index in [0.29, 0.717) is 12.1 Å². The molecule has 0 aliphatic carbocycles. The van der Waals surface area contributed by atoms with Crippen LogP contribution in [0.1, 0.15) is 35.3 Å². The second-order valence-electron chi connectivity index (χ2n) is 8.68. The standard InChI is InChI=1S/C30H31FN2O/c1-4-33(5-2)20-22-9-18-29-26(19-22)7-6-8-27(29)21-32(3)30(34)25-12-10-23(11-13-25)24-14-16-28(31)17-15-24/h6-19H,4-5,20-21H2,1-3H3. The molecule has 0 bridgehead atoms. The van der Waals surface area contributed by atoms with Gasteiger partial charge in [-0.2, -0.15) is 0 Å². The van der Waals surface area contributed by atoms with Gasteiger partial charge in [-0.05, 0) is 76.4 Å². The van der Waals surface area contributed by atoms with E-state index in [1.807, 2.05) is 31.3 Å². The highest BCUT2D eigenvalue weighted by molar-refractivity contribution is 5.95. The summed E-state index contributed by atoms with van der Waals surface area (Å²) in [5.41, 5.74) is 4.94. The number of carbonyl (C=O) groups excluding carboxylic acids is 1. The number of hydrogen-bond donors (Lipinski definition) is 0. The first-order valence-electron chi connectivity index (χ1n) is 11.8. The predicted molar refractivity (Wildman–Crippen MR) is 138 cm³/mol. The molecule has 0 fully saturated rings. The van der Waals surface area contributed by atoms with Crippen LogP contribution in [0, 0.1) is 5.82 Å². The highest BCUT2D eigenvalue weighted by Gasteiger charge is 2.14. The van der Waals surface area contributed by atoms with Crippen LogP contribution in [0.2, 0.25) is 0 Å². The van der Waals surface area contributed by atoms with E-state index in [1.165, 1.54) is 28.5 Å². The van der Waals surface area contributed by atoms with Gasteiger partial charge in [0.2, 0.25) is 0 Å². The smallest absolute Gasteiger partial charge is 0.253 e. The molecule has 174 valence electrons. The van der Waals surface area contributed by atoms with Crippen LogP contribution >= 0.6 is 0 Å². The zero-order valence-corrected chi connectivity index (χ0v) is 20.1. The molecule has 0 aliphatic rings. The lowest BCUT2D eigenvalue weighted by Crippen LogP contribution is -2.26. The zero-order valence-electron chi connectivity index (χ0n) is 20.1. The molecule has 4 aromatic rings. The summed E-state index contributed by atoms with van der Waals surface area (Å²) < 4.78 is 13.2. The predicted octanol–water partition coefficient (Wildman–Crippen LogP) is 6.76. The van der Waals surface area contributed by atoms with Crippen LogP contribution in [0.15, 0.2) is 84.9 Å². The first-order valence-corrected chi connectivity index (χ1v) is 11.8. The Morgan fingerprint density at radius 3 is 2.09 bits per heavy atom. The summed E-state index contributed by atoms with van der Waals surface area (Å²) in [7, 11) is 1.84. The summed E-state index contributed by atoms with van der Waals surface area (Å²) >= 11 is 0. The molecule has 0 radical (unpaired) electrons. The fourth-order valence-electron chi connectivity index (χ4n) is 4.34. The Kier molecular flexibility index (Phi) is 7.39. The van der Waals surface area contributed by atoms with Gasteiger partial charge in [0.1, 0.15) is 5.82 Å². The molecule has 0 aliphatic heterocycles. The average Bonchev–Trinajstić information content (AvgIpc) is 2.87. The molecule has 4 heteroatoms. The summed E-state index contributed by atoms with van der Waals surface area (Å²) in [6.07, 6.45) is 0. The lowest BCUT2D eigenvalue weighted by molar-refractivity contribution is 0.0785. The SMILES string of the molecule is CCN(CC)Cc1ccc2c(CN(C)C(=O)c3ccc(-c4ccc(F)cc4)cc3)cccc2c1. The summed E-state index contributed by atoms with van der Waals surface area (Å²) in [4.78, 5) is 17.2. The van der Waals surface area contributed by atoms with Crippen molar-refractivity contribution in [1.29, 1.82) is 0 Å². The number of nitrogens with zero attached hydrogens (tertiary/aromatic N) is 2. The fourth-order valence-corrected chi connectivity index (χ4v) is 4.34. The minimum atomic E-state index is -0.259. The van der Waals surface area contributed by atoms with E-state index in [4.69, 9.17) is 0 Å². The van der Waals surface area contributed by atoms with Gasteiger partial charge in [0.15, 0.2) is 0 Å². The average molecular weight is 455 g/mol. The molecule has 0 heterocycles. The first-order chi connectivity index (χ1) is 16.5. The van der Waals surface area contributed by atoms with E-state index in [-0.39, 0.29) is 11.7 Å². The second-order valence-corrected chi connectivity index (χ2v) is 8.68. The van der Waals surface area contributed by atoms with Crippen molar-refractivity contribution in [2.75, 3.05) is 20.1 Å². The van der Waals surface area contributed by atoms with Gasteiger partial charge in [-0.25, -0.2) is 4.39 Å². The first kappa shape index (κ1) is 23.7. The van der Waals surface area contributed by atoms with Gasteiger partial charge in [0.25, 0.3) is 5.91 Å². The minimum absolute atomic E-state index is 0.0270. The van der Waals surface area contributed by atoms with Crippen molar-refractivity contribution in [3.63, 3.8) is 0 Å². The highest BCUT2D eigenvalue weighted by Crippen LogP contribution is 2.24. The molecule has 4 rings (SSSR count). The van der Waals surface area contributed by atoms with Gasteiger partial charge in [-0.15, -0.1) is 0 Å². The van der Waals surface area contributed by atoms with Crippen LogP contribution in [-0.4, -0.2) is 35.8 Å². The van der Waals surface area contributed by atoms with Crippen LogP contribution in [0.25, 0.3) is 21.9 Å². The largest absolute Gasteiger partial charge is 0.337 e. The third-order valence-electron chi connectivity index (χ3n) is 6.40. The Labute approximate surface area is 201 Å². The van der Waals surface area contributed by atoms with Crippen molar-refractivity contribution in [3.8, 4) is 11.1 Å². The molecule has 0 saturated carbocycles. The molecule has 0 N–H and O–H groups in total. The molecule has 0 unspecified atom stereocenters. The van der Waals surface area contributed by atoms with Crippen LogP contribution in [0.4, 0.5) is 4.39 Å². The van der Waals surface area contributed by atoms with Crippen molar-refractivity contribution >= 4 is 16.7 Å². The number of benzene rings is 4. The normalized spacial score (nSPS) is 11.2. The van der Waals surface area contributed by atoms with E-state index < -0.39 is 0 Å². The molecular formula is C30H31FN2O. The van der Waals surface area contributed by atoms with E-state index in [2.05, 4.69) is 55.1 Å². The molecule has 3 nitrogen and oxygen atoms in total. The van der Waals surface area contributed by atoms with Gasteiger partial charge in [-0.3, -0.25) is 9.69 Å². The van der Waals surface area contributed by atoms with Gasteiger partial charge < -0.3 is 4.90 Å². The second kappa shape index (κ2) is 10.6. The number of halogens is 1. The van der Waals surface area contributed by atoms with Gasteiger partial charge >= 0.3 is 0 Å². The topological polar surface area (TPSA) is 23.6 Å². The Morgan fingerprint density at radius 2 is 1.44 bits per heavy atom. The zero-order chi connectivity index (χ0) is 24.1. The number of carbonyl (C=O) groups is 1. The molecule has 0 saturated heterocycles. The summed E-state index contributed by atoms with van der Waals surface area (Å²) in [5, 5.41) is 2.38. The maximum atomic E-state index is 13.2. The molecule has 0 atom stereocenters. The monoisotopic (exact) mass is 454 g/mol. The van der Waals surface area contributed by atoms with Crippen molar-refractivity contribution < 1.29 is 9.18 Å². The summed E-state index contributed by atoms with van der Waals surface area (Å²) in [6.45, 7) is 7.92. The van der Waals surface area contributed by atoms with Crippen molar-refractivity contribution in [2.24, 2.45) is 0 Å². The Balaban J connectivity index is 1.49. The van der Waals surface area contributed by atoms with Crippen LogP contribution < -0.4 is 0 Å². The lowest BCUT2D eigenvalue weighted by Gasteiger charge is -2.20. The van der Waals surface area contributed by atoms with E-state index in [0.717, 1.165) is 36.3 Å². The molecule has 34 heavy (non-hydrogen) atoms. The molecule has 0 spiro atoms. The third kappa shape index (κ3) is 5.35. The number of hydrogen-bond acceptors (Lipinski definition) is 2. The molecular weight excluding hydrogens is 423 g/mol.